The summed E-state index contributed by atoms with van der Waals surface area (Å²) in [6.45, 7) is 2.40. The topological polar surface area (TPSA) is 85.7 Å². The summed E-state index contributed by atoms with van der Waals surface area (Å²) in [5, 5.41) is 0. The van der Waals surface area contributed by atoms with Gasteiger partial charge in [0.1, 0.15) is 17.2 Å². The number of carbonyl (C=O) groups excluding carboxylic acids is 1. The Labute approximate surface area is 137 Å². The van der Waals surface area contributed by atoms with Crippen LogP contribution < -0.4 is 0 Å². The summed E-state index contributed by atoms with van der Waals surface area (Å²) in [7, 11) is 1.34. The molecule has 0 aliphatic heterocycles. The fourth-order valence-electron chi connectivity index (χ4n) is 2.75. The number of aryl methyl sites for hydroxylation is 1. The third-order valence-electron chi connectivity index (χ3n) is 3.92. The van der Waals surface area contributed by atoms with Gasteiger partial charge in [0, 0.05) is 0 Å². The Balaban J connectivity index is 1.79. The molecule has 7 nitrogen and oxygen atoms in total. The molecule has 0 saturated heterocycles. The van der Waals surface area contributed by atoms with E-state index < -0.39 is 5.97 Å². The number of hydrogen-bond acceptors (Lipinski definition) is 5. The number of imidazole rings is 2. The Morgan fingerprint density at radius 3 is 2.75 bits per heavy atom. The van der Waals surface area contributed by atoms with Crippen LogP contribution in [0.15, 0.2) is 36.4 Å². The van der Waals surface area contributed by atoms with E-state index in [9.17, 15) is 4.79 Å². The number of benzene rings is 1. The molecule has 0 atom stereocenters. The Hall–Kier alpha value is -3.22. The average Bonchev–Trinajstić information content (AvgIpc) is 3.14. The number of H-pyrrole nitrogens is 1. The van der Waals surface area contributed by atoms with E-state index in [1.54, 1.807) is 12.1 Å². The Morgan fingerprint density at radius 2 is 1.96 bits per heavy atom. The molecule has 4 rings (SSSR count). The molecule has 120 valence electrons. The lowest BCUT2D eigenvalue weighted by molar-refractivity contribution is 0.0594. The van der Waals surface area contributed by atoms with Crippen molar-refractivity contribution >= 4 is 28.2 Å². The Morgan fingerprint density at radius 1 is 1.12 bits per heavy atom. The third kappa shape index (κ3) is 2.30. The number of esters is 1. The minimum absolute atomic E-state index is 0.260. The molecule has 1 aromatic carbocycles. The molecule has 0 aliphatic rings. The largest absolute Gasteiger partial charge is 0.464 e. The summed E-state index contributed by atoms with van der Waals surface area (Å²) < 4.78 is 6.67. The van der Waals surface area contributed by atoms with E-state index in [2.05, 4.69) is 19.9 Å². The molecule has 0 unspecified atom stereocenters. The number of carbonyl (C=O) groups is 1. The lowest BCUT2D eigenvalue weighted by atomic mass is 10.3. The highest BCUT2D eigenvalue weighted by molar-refractivity contribution is 5.89. The molecular weight excluding hydrogens is 306 g/mol. The molecule has 0 bridgehead atoms. The molecule has 7 heteroatoms. The van der Waals surface area contributed by atoms with Gasteiger partial charge in [-0.15, -0.1) is 0 Å². The van der Waals surface area contributed by atoms with Gasteiger partial charge in [0.05, 0.1) is 24.7 Å². The zero-order valence-electron chi connectivity index (χ0n) is 13.3. The quantitative estimate of drug-likeness (QED) is 0.586. The van der Waals surface area contributed by atoms with Crippen molar-refractivity contribution < 1.29 is 9.53 Å². The minimum Gasteiger partial charge on any atom is -0.464 e. The molecule has 0 saturated carbocycles. The molecule has 0 spiro atoms. The summed E-state index contributed by atoms with van der Waals surface area (Å²) in [6.07, 6.45) is 0. The van der Waals surface area contributed by atoms with Gasteiger partial charge in [0.25, 0.3) is 0 Å². The van der Waals surface area contributed by atoms with Crippen molar-refractivity contribution in [1.29, 1.82) is 0 Å². The minimum atomic E-state index is -0.467. The lowest BCUT2D eigenvalue weighted by Crippen LogP contribution is -2.08. The SMILES string of the molecule is COC(=O)c1ccc2nc(C)n(Cc3nc4ccccc4[nH]3)c2n1. The number of rotatable bonds is 3. The van der Waals surface area contributed by atoms with Crippen LogP contribution in [0.2, 0.25) is 0 Å². The predicted octanol–water partition coefficient (Wildman–Crippen LogP) is 2.45. The van der Waals surface area contributed by atoms with Crippen molar-refractivity contribution in [2.75, 3.05) is 7.11 Å². The number of fused-ring (bicyclic) bond motifs is 2. The zero-order valence-corrected chi connectivity index (χ0v) is 13.3. The third-order valence-corrected chi connectivity index (χ3v) is 3.92. The van der Waals surface area contributed by atoms with Crippen LogP contribution in [0.3, 0.4) is 0 Å². The fraction of sp³-hybridized carbons (Fsp3) is 0.176. The van der Waals surface area contributed by atoms with Crippen LogP contribution in [-0.2, 0) is 11.3 Å². The van der Waals surface area contributed by atoms with Gasteiger partial charge in [-0.2, -0.15) is 0 Å². The number of methoxy groups -OCH3 is 1. The molecule has 1 N–H and O–H groups in total. The van der Waals surface area contributed by atoms with Crippen molar-refractivity contribution in [2.45, 2.75) is 13.5 Å². The van der Waals surface area contributed by atoms with Crippen LogP contribution in [0.25, 0.3) is 22.2 Å². The highest BCUT2D eigenvalue weighted by Crippen LogP contribution is 2.18. The van der Waals surface area contributed by atoms with Crippen molar-refractivity contribution in [2.24, 2.45) is 0 Å². The van der Waals surface area contributed by atoms with Gasteiger partial charge in [-0.25, -0.2) is 19.7 Å². The van der Waals surface area contributed by atoms with Crippen molar-refractivity contribution in [3.8, 4) is 0 Å². The van der Waals surface area contributed by atoms with Crippen LogP contribution in [-0.4, -0.2) is 37.6 Å². The van der Waals surface area contributed by atoms with Crippen LogP contribution in [0.1, 0.15) is 22.1 Å². The molecule has 0 amide bonds. The van der Waals surface area contributed by atoms with E-state index >= 15 is 0 Å². The summed E-state index contributed by atoms with van der Waals surface area (Å²) >= 11 is 0. The van der Waals surface area contributed by atoms with Crippen LogP contribution in [0.5, 0.6) is 0 Å². The van der Waals surface area contributed by atoms with E-state index in [1.165, 1.54) is 7.11 Å². The number of hydrogen-bond donors (Lipinski definition) is 1. The number of nitrogens with one attached hydrogen (secondary N) is 1. The summed E-state index contributed by atoms with van der Waals surface area (Å²) in [5.41, 5.74) is 3.53. The number of para-hydroxylation sites is 2. The molecule has 4 aromatic rings. The summed E-state index contributed by atoms with van der Waals surface area (Å²) in [6, 6.07) is 11.3. The average molecular weight is 321 g/mol. The molecule has 0 radical (unpaired) electrons. The van der Waals surface area contributed by atoms with E-state index in [1.807, 2.05) is 35.8 Å². The highest BCUT2D eigenvalue weighted by atomic mass is 16.5. The second-order valence-corrected chi connectivity index (χ2v) is 5.48. The smallest absolute Gasteiger partial charge is 0.356 e. The molecular formula is C17H15N5O2. The van der Waals surface area contributed by atoms with Crippen LogP contribution >= 0.6 is 0 Å². The van der Waals surface area contributed by atoms with Gasteiger partial charge >= 0.3 is 5.97 Å². The first kappa shape index (κ1) is 14.4. The summed E-state index contributed by atoms with van der Waals surface area (Å²) in [4.78, 5) is 28.5. The van der Waals surface area contributed by atoms with Gasteiger partial charge in [0.2, 0.25) is 0 Å². The first-order valence-corrected chi connectivity index (χ1v) is 7.51. The number of aromatic amines is 1. The number of aromatic nitrogens is 5. The predicted molar refractivity (Wildman–Crippen MR) is 88.8 cm³/mol. The molecule has 3 heterocycles. The second kappa shape index (κ2) is 5.45. The summed E-state index contributed by atoms with van der Waals surface area (Å²) in [5.74, 6) is 1.15. The number of nitrogens with zero attached hydrogens (tertiary/aromatic N) is 4. The maximum absolute atomic E-state index is 11.7. The maximum Gasteiger partial charge on any atom is 0.356 e. The number of ether oxygens (including phenoxy) is 1. The molecule has 0 aliphatic carbocycles. The lowest BCUT2D eigenvalue weighted by Gasteiger charge is -2.04. The second-order valence-electron chi connectivity index (χ2n) is 5.48. The first-order chi connectivity index (χ1) is 11.7. The van der Waals surface area contributed by atoms with Crippen molar-refractivity contribution in [3.63, 3.8) is 0 Å². The fourth-order valence-corrected chi connectivity index (χ4v) is 2.75. The standard InChI is InChI=1S/C17H15N5O2/c1-10-18-13-7-8-14(17(23)24-2)21-16(13)22(10)9-15-19-11-5-3-4-6-12(11)20-15/h3-8H,9H2,1-2H3,(H,19,20). The first-order valence-electron chi connectivity index (χ1n) is 7.51. The van der Waals surface area contributed by atoms with Gasteiger partial charge in [0.15, 0.2) is 11.3 Å². The van der Waals surface area contributed by atoms with Gasteiger partial charge in [-0.05, 0) is 31.2 Å². The van der Waals surface area contributed by atoms with E-state index in [-0.39, 0.29) is 5.69 Å². The normalized spacial score (nSPS) is 11.2. The van der Waals surface area contributed by atoms with Crippen LogP contribution in [0, 0.1) is 6.92 Å². The highest BCUT2D eigenvalue weighted by Gasteiger charge is 2.15. The number of pyridine rings is 1. The molecule has 24 heavy (non-hydrogen) atoms. The Kier molecular flexibility index (Phi) is 3.26. The van der Waals surface area contributed by atoms with Gasteiger partial charge in [-0.3, -0.25) is 0 Å². The molecule has 3 aromatic heterocycles. The van der Waals surface area contributed by atoms with E-state index in [4.69, 9.17) is 4.74 Å². The van der Waals surface area contributed by atoms with E-state index in [0.29, 0.717) is 12.2 Å². The van der Waals surface area contributed by atoms with Gasteiger partial charge in [-0.1, -0.05) is 12.1 Å². The monoisotopic (exact) mass is 321 g/mol. The van der Waals surface area contributed by atoms with Crippen molar-refractivity contribution in [1.82, 2.24) is 24.5 Å². The Bertz CT molecular complexity index is 1030. The van der Waals surface area contributed by atoms with Crippen molar-refractivity contribution in [3.05, 3.63) is 53.7 Å². The maximum atomic E-state index is 11.7. The van der Waals surface area contributed by atoms with E-state index in [0.717, 1.165) is 28.2 Å². The van der Waals surface area contributed by atoms with Crippen LogP contribution in [0.4, 0.5) is 0 Å². The van der Waals surface area contributed by atoms with Gasteiger partial charge < -0.3 is 14.3 Å². The zero-order chi connectivity index (χ0) is 16.7. The molecule has 0 fully saturated rings.